The van der Waals surface area contributed by atoms with Crippen LogP contribution in [0.15, 0.2) is 35.5 Å². The number of hydrogen-bond acceptors (Lipinski definition) is 2. The Kier molecular flexibility index (Phi) is 3.32. The van der Waals surface area contributed by atoms with Gasteiger partial charge in [-0.1, -0.05) is 0 Å². The maximum Gasteiger partial charge on any atom is 0.257 e. The first-order valence-electron chi connectivity index (χ1n) is 5.64. The number of carbonyl (C=O) groups excluding carboxylic acids is 1. The Hall–Kier alpha value is -2.30. The van der Waals surface area contributed by atoms with Crippen molar-refractivity contribution in [2.24, 2.45) is 7.05 Å². The monoisotopic (exact) mass is 245 g/mol. The number of carbonyl (C=O) groups is 1. The summed E-state index contributed by atoms with van der Waals surface area (Å²) in [5.74, 6) is -0.361. The van der Waals surface area contributed by atoms with E-state index >= 15 is 0 Å². The first-order chi connectivity index (χ1) is 8.56. The van der Waals surface area contributed by atoms with Crippen LogP contribution in [0.1, 0.15) is 21.6 Å². The Morgan fingerprint density at radius 3 is 2.89 bits per heavy atom. The maximum atomic E-state index is 11.8. The molecular formula is C13H15N3O2. The number of aromatic amines is 1. The summed E-state index contributed by atoms with van der Waals surface area (Å²) in [6.07, 6.45) is 5.26. The van der Waals surface area contributed by atoms with Crippen LogP contribution in [0, 0.1) is 6.92 Å². The molecule has 1 amide bonds. The zero-order valence-electron chi connectivity index (χ0n) is 10.4. The van der Waals surface area contributed by atoms with Gasteiger partial charge in [0.15, 0.2) is 5.43 Å². The lowest BCUT2D eigenvalue weighted by molar-refractivity contribution is 0.0949. The Balaban J connectivity index is 2.06. The largest absolute Gasteiger partial charge is 0.364 e. The number of amides is 1. The molecule has 0 aliphatic carbocycles. The summed E-state index contributed by atoms with van der Waals surface area (Å²) in [5, 5.41) is 2.72. The number of hydrogen-bond donors (Lipinski definition) is 2. The molecule has 18 heavy (non-hydrogen) atoms. The summed E-state index contributed by atoms with van der Waals surface area (Å²) in [5.41, 5.74) is 1.60. The Labute approximate surface area is 104 Å². The van der Waals surface area contributed by atoms with Crippen molar-refractivity contribution < 1.29 is 4.79 Å². The van der Waals surface area contributed by atoms with Crippen LogP contribution in [0.25, 0.3) is 0 Å². The fourth-order valence-electron chi connectivity index (χ4n) is 1.69. The summed E-state index contributed by atoms with van der Waals surface area (Å²) < 4.78 is 1.90. The minimum absolute atomic E-state index is 0.136. The Bertz CT molecular complexity index is 625. The van der Waals surface area contributed by atoms with Crippen molar-refractivity contribution in [3.05, 3.63) is 57.8 Å². The van der Waals surface area contributed by atoms with Gasteiger partial charge in [0.2, 0.25) is 0 Å². The van der Waals surface area contributed by atoms with Gasteiger partial charge in [0.25, 0.3) is 5.91 Å². The number of rotatable bonds is 3. The molecule has 0 saturated heterocycles. The predicted octanol–water partition coefficient (Wildman–Crippen LogP) is 0.952. The molecule has 0 spiro atoms. The summed E-state index contributed by atoms with van der Waals surface area (Å²) >= 11 is 0. The van der Waals surface area contributed by atoms with E-state index in [1.165, 1.54) is 12.3 Å². The van der Waals surface area contributed by atoms with Gasteiger partial charge in [-0.2, -0.15) is 0 Å². The highest BCUT2D eigenvalue weighted by Gasteiger charge is 2.09. The molecule has 0 bridgehead atoms. The molecule has 94 valence electrons. The van der Waals surface area contributed by atoms with E-state index in [-0.39, 0.29) is 16.9 Å². The van der Waals surface area contributed by atoms with E-state index in [1.807, 2.05) is 30.1 Å². The SMILES string of the molecule is Cc1cc(=O)c(C(=O)NCc2ccn(C)c2)c[nH]1. The molecule has 2 heterocycles. The molecule has 0 fully saturated rings. The number of aryl methyl sites for hydroxylation is 2. The third-order valence-corrected chi connectivity index (χ3v) is 2.65. The molecule has 5 heteroatoms. The fourth-order valence-corrected chi connectivity index (χ4v) is 1.69. The van der Waals surface area contributed by atoms with Crippen LogP contribution < -0.4 is 10.7 Å². The summed E-state index contributed by atoms with van der Waals surface area (Å²) in [7, 11) is 1.91. The van der Waals surface area contributed by atoms with Gasteiger partial charge in [0, 0.05) is 43.9 Å². The van der Waals surface area contributed by atoms with E-state index in [4.69, 9.17) is 0 Å². The van der Waals surface area contributed by atoms with Crippen LogP contribution in [0.3, 0.4) is 0 Å². The van der Waals surface area contributed by atoms with E-state index in [2.05, 4.69) is 10.3 Å². The summed E-state index contributed by atoms with van der Waals surface area (Å²) in [6, 6.07) is 3.33. The minimum Gasteiger partial charge on any atom is -0.364 e. The molecule has 0 aromatic carbocycles. The smallest absolute Gasteiger partial charge is 0.257 e. The highest BCUT2D eigenvalue weighted by Crippen LogP contribution is 1.99. The van der Waals surface area contributed by atoms with E-state index in [1.54, 1.807) is 6.92 Å². The zero-order valence-corrected chi connectivity index (χ0v) is 10.4. The van der Waals surface area contributed by atoms with Crippen LogP contribution >= 0.6 is 0 Å². The average molecular weight is 245 g/mol. The first kappa shape index (κ1) is 12.2. The Morgan fingerprint density at radius 1 is 1.50 bits per heavy atom. The second kappa shape index (κ2) is 4.91. The molecular weight excluding hydrogens is 230 g/mol. The third-order valence-electron chi connectivity index (χ3n) is 2.65. The van der Waals surface area contributed by atoms with Gasteiger partial charge in [-0.15, -0.1) is 0 Å². The molecule has 2 aromatic heterocycles. The lowest BCUT2D eigenvalue weighted by Crippen LogP contribution is -2.28. The predicted molar refractivity (Wildman–Crippen MR) is 68.4 cm³/mol. The number of nitrogens with zero attached hydrogens (tertiary/aromatic N) is 1. The molecule has 0 atom stereocenters. The second-order valence-electron chi connectivity index (χ2n) is 4.26. The van der Waals surface area contributed by atoms with Crippen molar-refractivity contribution in [2.75, 3.05) is 0 Å². The van der Waals surface area contributed by atoms with E-state index in [9.17, 15) is 9.59 Å². The maximum absolute atomic E-state index is 11.8. The van der Waals surface area contributed by atoms with Crippen LogP contribution in [0.2, 0.25) is 0 Å². The number of aromatic nitrogens is 2. The molecule has 2 N–H and O–H groups in total. The molecule has 5 nitrogen and oxygen atoms in total. The highest BCUT2D eigenvalue weighted by atomic mass is 16.2. The first-order valence-corrected chi connectivity index (χ1v) is 5.64. The van der Waals surface area contributed by atoms with Crippen LogP contribution in [0.5, 0.6) is 0 Å². The Morgan fingerprint density at radius 2 is 2.28 bits per heavy atom. The van der Waals surface area contributed by atoms with Gasteiger partial charge >= 0.3 is 0 Å². The second-order valence-corrected chi connectivity index (χ2v) is 4.26. The van der Waals surface area contributed by atoms with Gasteiger partial charge in [-0.25, -0.2) is 0 Å². The van der Waals surface area contributed by atoms with Crippen molar-refractivity contribution in [1.29, 1.82) is 0 Å². The van der Waals surface area contributed by atoms with Crippen LogP contribution in [-0.2, 0) is 13.6 Å². The normalized spacial score (nSPS) is 10.3. The van der Waals surface area contributed by atoms with Gasteiger partial charge in [0.1, 0.15) is 5.56 Å². The molecule has 0 saturated carbocycles. The van der Waals surface area contributed by atoms with Gasteiger partial charge in [0.05, 0.1) is 0 Å². The van der Waals surface area contributed by atoms with Crippen molar-refractivity contribution in [2.45, 2.75) is 13.5 Å². The molecule has 0 unspecified atom stereocenters. The van der Waals surface area contributed by atoms with Gasteiger partial charge in [-0.05, 0) is 18.6 Å². The fraction of sp³-hybridized carbons (Fsp3) is 0.231. The van der Waals surface area contributed by atoms with E-state index in [0.717, 1.165) is 11.3 Å². The summed E-state index contributed by atoms with van der Waals surface area (Å²) in [6.45, 7) is 2.18. The number of H-pyrrole nitrogens is 1. The van der Waals surface area contributed by atoms with Crippen LogP contribution in [0.4, 0.5) is 0 Å². The number of pyridine rings is 1. The van der Waals surface area contributed by atoms with E-state index < -0.39 is 0 Å². The molecule has 0 aliphatic heterocycles. The lowest BCUT2D eigenvalue weighted by Gasteiger charge is -2.03. The third kappa shape index (κ3) is 2.68. The number of nitrogens with one attached hydrogen (secondary N) is 2. The quantitative estimate of drug-likeness (QED) is 0.845. The molecule has 0 aliphatic rings. The standard InChI is InChI=1S/C13H15N3O2/c1-9-5-12(17)11(7-14-9)13(18)15-6-10-3-4-16(2)8-10/h3-5,7-8H,6H2,1-2H3,(H,14,17)(H,15,18). The van der Waals surface area contributed by atoms with Crippen molar-refractivity contribution in [1.82, 2.24) is 14.9 Å². The summed E-state index contributed by atoms with van der Waals surface area (Å²) in [4.78, 5) is 26.3. The van der Waals surface area contributed by atoms with Crippen LogP contribution in [-0.4, -0.2) is 15.5 Å². The zero-order chi connectivity index (χ0) is 13.1. The topological polar surface area (TPSA) is 66.9 Å². The molecule has 0 radical (unpaired) electrons. The minimum atomic E-state index is -0.361. The van der Waals surface area contributed by atoms with Gasteiger partial charge < -0.3 is 14.9 Å². The molecule has 2 aromatic rings. The van der Waals surface area contributed by atoms with E-state index in [0.29, 0.717) is 6.54 Å². The highest BCUT2D eigenvalue weighted by molar-refractivity contribution is 5.93. The average Bonchev–Trinajstić information content (AvgIpc) is 2.72. The lowest BCUT2D eigenvalue weighted by atomic mass is 10.2. The van der Waals surface area contributed by atoms with Crippen molar-refractivity contribution in [3.8, 4) is 0 Å². The molecule has 2 rings (SSSR count). The van der Waals surface area contributed by atoms with Crippen molar-refractivity contribution in [3.63, 3.8) is 0 Å². The van der Waals surface area contributed by atoms with Gasteiger partial charge in [-0.3, -0.25) is 9.59 Å². The van der Waals surface area contributed by atoms with Crippen molar-refractivity contribution >= 4 is 5.91 Å².